The maximum Gasteiger partial charge on any atom is 0.343 e. The van der Waals surface area contributed by atoms with Crippen molar-refractivity contribution in [3.63, 3.8) is 0 Å². The second-order valence-corrected chi connectivity index (χ2v) is 9.28. The summed E-state index contributed by atoms with van der Waals surface area (Å²) in [5.41, 5.74) is 0.498. The molecule has 1 fully saturated rings. The van der Waals surface area contributed by atoms with Crippen LogP contribution in [0.15, 0.2) is 55.0 Å². The summed E-state index contributed by atoms with van der Waals surface area (Å²) in [4.78, 5) is 49.4. The Hall–Kier alpha value is -5.11. The number of imide groups is 1. The standard InChI is InChI=1S/C30H25FN6O4/c1-3-41-30(40)23-17-33-36-14-12-26(34-27(23)36)35-13-6-9-25(35)22-15-19(31)16-32-24(22)11-10-18(2)37-28(38)20-7-4-5-8-21(20)29(37)39/h4-5,7-8,12,14-18,25H,3,6,9,13H2,1-2H3/t18-,25?/m1/s1/i9D2,25D. The van der Waals surface area contributed by atoms with Gasteiger partial charge in [0.05, 0.1) is 43.6 Å². The number of carbonyl (C=O) groups is 3. The second kappa shape index (κ2) is 10.5. The van der Waals surface area contributed by atoms with Gasteiger partial charge in [-0.2, -0.15) is 5.10 Å². The summed E-state index contributed by atoms with van der Waals surface area (Å²) in [5.74, 6) is 3.29. The lowest BCUT2D eigenvalue weighted by Crippen LogP contribution is -2.37. The van der Waals surface area contributed by atoms with Gasteiger partial charge < -0.3 is 9.64 Å². The molecule has 3 aromatic heterocycles. The van der Waals surface area contributed by atoms with Crippen molar-refractivity contribution in [1.29, 1.82) is 0 Å². The minimum atomic E-state index is -2.26. The third kappa shape index (κ3) is 4.57. The van der Waals surface area contributed by atoms with E-state index in [1.165, 1.54) is 27.9 Å². The summed E-state index contributed by atoms with van der Waals surface area (Å²) < 4.78 is 48.4. The van der Waals surface area contributed by atoms with Gasteiger partial charge in [-0.1, -0.05) is 18.1 Å². The molecule has 0 radical (unpaired) electrons. The van der Waals surface area contributed by atoms with Crippen LogP contribution in [0.4, 0.5) is 10.2 Å². The smallest absolute Gasteiger partial charge is 0.343 e. The maximum atomic E-state index is 14.7. The van der Waals surface area contributed by atoms with E-state index in [-0.39, 0.29) is 59.0 Å². The number of amides is 2. The highest BCUT2D eigenvalue weighted by molar-refractivity contribution is 6.21. The molecule has 206 valence electrons. The van der Waals surface area contributed by atoms with Crippen LogP contribution in [0.3, 0.4) is 0 Å². The number of hydrogen-bond acceptors (Lipinski definition) is 8. The molecule has 0 N–H and O–H groups in total. The van der Waals surface area contributed by atoms with Crippen LogP contribution in [-0.4, -0.2) is 61.5 Å². The average Bonchev–Trinajstić information content (AvgIpc) is 3.62. The second-order valence-electron chi connectivity index (χ2n) is 9.28. The van der Waals surface area contributed by atoms with Gasteiger partial charge in [-0.25, -0.2) is 23.7 Å². The van der Waals surface area contributed by atoms with E-state index >= 15 is 0 Å². The molecule has 2 aliphatic rings. The number of carbonyl (C=O) groups excluding carboxylic acids is 3. The molecular formula is C30H25FN6O4. The van der Waals surface area contributed by atoms with E-state index in [0.717, 1.165) is 17.2 Å². The van der Waals surface area contributed by atoms with Crippen LogP contribution in [0.2, 0.25) is 0 Å². The molecule has 2 aliphatic heterocycles. The highest BCUT2D eigenvalue weighted by Crippen LogP contribution is 2.37. The fourth-order valence-electron chi connectivity index (χ4n) is 4.84. The number of ether oxygens (including phenoxy) is 1. The van der Waals surface area contributed by atoms with Gasteiger partial charge in [-0.15, -0.1) is 0 Å². The predicted molar refractivity (Wildman–Crippen MR) is 146 cm³/mol. The van der Waals surface area contributed by atoms with E-state index in [4.69, 9.17) is 7.48 Å². The van der Waals surface area contributed by atoms with Crippen molar-refractivity contribution in [1.82, 2.24) is 24.5 Å². The Bertz CT molecular complexity index is 1890. The minimum absolute atomic E-state index is 0.0252. The molecule has 4 aromatic rings. The van der Waals surface area contributed by atoms with Crippen molar-refractivity contribution in [2.24, 2.45) is 0 Å². The van der Waals surface area contributed by atoms with E-state index in [1.807, 2.05) is 0 Å². The van der Waals surface area contributed by atoms with Crippen LogP contribution in [-0.2, 0) is 4.74 Å². The van der Waals surface area contributed by atoms with Gasteiger partial charge in [-0.3, -0.25) is 14.5 Å². The largest absolute Gasteiger partial charge is 0.462 e. The van der Waals surface area contributed by atoms with Crippen LogP contribution >= 0.6 is 0 Å². The fourth-order valence-corrected chi connectivity index (χ4v) is 4.84. The van der Waals surface area contributed by atoms with Gasteiger partial charge in [0.2, 0.25) is 0 Å². The van der Waals surface area contributed by atoms with Gasteiger partial charge in [0.1, 0.15) is 22.9 Å². The zero-order chi connectivity index (χ0) is 31.4. The lowest BCUT2D eigenvalue weighted by molar-refractivity contribution is 0.0527. The molecule has 2 atom stereocenters. The van der Waals surface area contributed by atoms with E-state index < -0.39 is 42.0 Å². The zero-order valence-electron chi connectivity index (χ0n) is 25.1. The average molecular weight is 556 g/mol. The first-order valence-corrected chi connectivity index (χ1v) is 12.9. The van der Waals surface area contributed by atoms with Crippen molar-refractivity contribution < 1.29 is 27.6 Å². The van der Waals surface area contributed by atoms with Crippen molar-refractivity contribution in [3.8, 4) is 11.8 Å². The van der Waals surface area contributed by atoms with Crippen LogP contribution < -0.4 is 4.90 Å². The summed E-state index contributed by atoms with van der Waals surface area (Å²) in [6.07, 6.45) is 1.39. The number of fused-ring (bicyclic) bond motifs is 2. The van der Waals surface area contributed by atoms with E-state index in [9.17, 15) is 20.1 Å². The Kier molecular flexibility index (Phi) is 5.79. The molecule has 0 aliphatic carbocycles. The Morgan fingerprint density at radius 1 is 1.24 bits per heavy atom. The molecule has 0 spiro atoms. The quantitative estimate of drug-likeness (QED) is 0.208. The van der Waals surface area contributed by atoms with Crippen molar-refractivity contribution in [2.45, 2.75) is 38.7 Å². The molecule has 5 heterocycles. The minimum Gasteiger partial charge on any atom is -0.462 e. The first-order chi connectivity index (χ1) is 21.0. The summed E-state index contributed by atoms with van der Waals surface area (Å²) in [6, 6.07) is 5.78. The predicted octanol–water partition coefficient (Wildman–Crippen LogP) is 3.82. The topological polar surface area (TPSA) is 110 Å². The van der Waals surface area contributed by atoms with Crippen LogP contribution in [0.5, 0.6) is 0 Å². The van der Waals surface area contributed by atoms with Crippen LogP contribution in [0.1, 0.15) is 79.1 Å². The van der Waals surface area contributed by atoms with Gasteiger partial charge in [0.15, 0.2) is 5.65 Å². The molecule has 41 heavy (non-hydrogen) atoms. The number of hydrogen-bond donors (Lipinski definition) is 0. The fraction of sp³-hybridized carbons (Fsp3) is 0.267. The van der Waals surface area contributed by atoms with Gasteiger partial charge >= 0.3 is 5.97 Å². The molecule has 0 bridgehead atoms. The first-order valence-electron chi connectivity index (χ1n) is 14.4. The Morgan fingerprint density at radius 2 is 2.00 bits per heavy atom. The SMILES string of the molecule is [2H]C1([2H])CCN(c2ccn3ncc(C(=O)OCC)c3n2)C1([2H])c1cc(F)cnc1C#C[C@@H](C)N1C(=O)c2ccccc2C1=O. The molecule has 1 saturated heterocycles. The van der Waals surface area contributed by atoms with Crippen molar-refractivity contribution in [3.05, 3.63) is 88.8 Å². The Balaban J connectivity index is 1.41. The zero-order valence-corrected chi connectivity index (χ0v) is 22.1. The van der Waals surface area contributed by atoms with Crippen molar-refractivity contribution >= 4 is 29.2 Å². The molecule has 1 aromatic carbocycles. The highest BCUT2D eigenvalue weighted by atomic mass is 19.1. The van der Waals surface area contributed by atoms with E-state index in [0.29, 0.717) is 0 Å². The number of nitrogens with zero attached hydrogens (tertiary/aromatic N) is 6. The third-order valence-corrected chi connectivity index (χ3v) is 6.75. The van der Waals surface area contributed by atoms with Crippen LogP contribution in [0.25, 0.3) is 5.65 Å². The summed E-state index contributed by atoms with van der Waals surface area (Å²) >= 11 is 0. The summed E-state index contributed by atoms with van der Waals surface area (Å²) in [7, 11) is 0. The van der Waals surface area contributed by atoms with Gasteiger partial charge in [-0.05, 0) is 56.8 Å². The van der Waals surface area contributed by atoms with E-state index in [2.05, 4.69) is 26.9 Å². The number of anilines is 1. The first kappa shape index (κ1) is 22.7. The molecule has 2 amide bonds. The number of benzene rings is 1. The number of halogens is 1. The van der Waals surface area contributed by atoms with Crippen molar-refractivity contribution in [2.75, 3.05) is 18.1 Å². The highest BCUT2D eigenvalue weighted by Gasteiger charge is 2.38. The molecule has 0 saturated carbocycles. The molecule has 1 unspecified atom stereocenters. The van der Waals surface area contributed by atoms with E-state index in [1.54, 1.807) is 38.1 Å². The lowest BCUT2D eigenvalue weighted by Gasteiger charge is -2.26. The van der Waals surface area contributed by atoms with Gasteiger partial charge in [0, 0.05) is 21.0 Å². The van der Waals surface area contributed by atoms with Crippen LogP contribution in [0, 0.1) is 17.7 Å². The summed E-state index contributed by atoms with van der Waals surface area (Å²) in [5, 5.41) is 4.12. The third-order valence-electron chi connectivity index (χ3n) is 6.75. The number of aromatic nitrogens is 4. The Morgan fingerprint density at radius 3 is 2.73 bits per heavy atom. The van der Waals surface area contributed by atoms with Gasteiger partial charge in [0.25, 0.3) is 11.8 Å². The number of esters is 1. The number of rotatable bonds is 5. The summed E-state index contributed by atoms with van der Waals surface area (Å²) in [6.45, 7) is 3.38. The lowest BCUT2D eigenvalue weighted by atomic mass is 10.0. The molecule has 6 rings (SSSR count). The Labute approximate surface area is 239 Å². The normalized spacial score (nSPS) is 21.1. The molecule has 11 heteroatoms. The molecular weight excluding hydrogens is 527 g/mol. The molecule has 10 nitrogen and oxygen atoms in total. The monoisotopic (exact) mass is 555 g/mol. The maximum absolute atomic E-state index is 14.7. The number of pyridine rings is 1.